The Morgan fingerprint density at radius 3 is 2.11 bits per heavy atom. The van der Waals surface area contributed by atoms with Crippen molar-refractivity contribution in [2.24, 2.45) is 0 Å². The van der Waals surface area contributed by atoms with Gasteiger partial charge in [-0.1, -0.05) is 12.1 Å². The van der Waals surface area contributed by atoms with Gasteiger partial charge < -0.3 is 10.0 Å². The van der Waals surface area contributed by atoms with Crippen LogP contribution in [-0.4, -0.2) is 12.2 Å². The molecular formula is C15H16FNO. The average Bonchev–Trinajstić information content (AvgIpc) is 2.39. The summed E-state index contributed by atoms with van der Waals surface area (Å²) in [7, 11) is 1.96. The Hall–Kier alpha value is -2.03. The van der Waals surface area contributed by atoms with Crippen LogP contribution in [0.25, 0.3) is 0 Å². The topological polar surface area (TPSA) is 23.5 Å². The summed E-state index contributed by atoms with van der Waals surface area (Å²) in [5.41, 5.74) is 2.05. The molecule has 1 N–H and O–H groups in total. The lowest BCUT2D eigenvalue weighted by molar-refractivity contribution is 0.475. The Morgan fingerprint density at radius 1 is 1.00 bits per heavy atom. The van der Waals surface area contributed by atoms with Gasteiger partial charge in [0.05, 0.1) is 6.04 Å². The maximum Gasteiger partial charge on any atom is 0.123 e. The van der Waals surface area contributed by atoms with E-state index in [-0.39, 0.29) is 17.6 Å². The molecule has 0 aliphatic carbocycles. The molecular weight excluding hydrogens is 229 g/mol. The zero-order chi connectivity index (χ0) is 13.1. The van der Waals surface area contributed by atoms with Crippen LogP contribution in [0.1, 0.15) is 18.5 Å². The molecule has 2 nitrogen and oxygen atoms in total. The van der Waals surface area contributed by atoms with Crippen LogP contribution in [0.5, 0.6) is 5.75 Å². The Bertz CT molecular complexity index is 458. The standard InChI is InChI=1S/C15H16FNO/c1-11(12-3-9-15(18)10-4-12)17(2)14-7-5-13(16)6-8-14/h3-11,18H,1-2H3. The molecule has 0 aromatic heterocycles. The first kappa shape index (κ1) is 12.4. The molecule has 18 heavy (non-hydrogen) atoms. The minimum absolute atomic E-state index is 0.149. The third-order valence-corrected chi connectivity index (χ3v) is 3.19. The number of nitrogens with zero attached hydrogens (tertiary/aromatic N) is 1. The number of rotatable bonds is 3. The summed E-state index contributed by atoms with van der Waals surface area (Å²) >= 11 is 0. The fourth-order valence-electron chi connectivity index (χ4n) is 1.88. The van der Waals surface area contributed by atoms with Crippen molar-refractivity contribution < 1.29 is 9.50 Å². The van der Waals surface area contributed by atoms with Crippen LogP contribution >= 0.6 is 0 Å². The van der Waals surface area contributed by atoms with Crippen molar-refractivity contribution in [1.29, 1.82) is 0 Å². The van der Waals surface area contributed by atoms with Gasteiger partial charge in [-0.25, -0.2) is 4.39 Å². The molecule has 2 rings (SSSR count). The fourth-order valence-corrected chi connectivity index (χ4v) is 1.88. The molecule has 0 amide bonds. The van der Waals surface area contributed by atoms with E-state index in [0.717, 1.165) is 11.3 Å². The monoisotopic (exact) mass is 245 g/mol. The van der Waals surface area contributed by atoms with Crippen molar-refractivity contribution >= 4 is 5.69 Å². The van der Waals surface area contributed by atoms with E-state index in [2.05, 4.69) is 11.8 Å². The summed E-state index contributed by atoms with van der Waals surface area (Å²) in [5, 5.41) is 9.27. The molecule has 94 valence electrons. The highest BCUT2D eigenvalue weighted by Gasteiger charge is 2.12. The van der Waals surface area contributed by atoms with E-state index < -0.39 is 0 Å². The number of aromatic hydroxyl groups is 1. The molecule has 3 heteroatoms. The molecule has 2 aromatic carbocycles. The fraction of sp³-hybridized carbons (Fsp3) is 0.200. The van der Waals surface area contributed by atoms with Crippen molar-refractivity contribution in [3.8, 4) is 5.75 Å². The highest BCUT2D eigenvalue weighted by atomic mass is 19.1. The van der Waals surface area contributed by atoms with Crippen LogP contribution in [0.15, 0.2) is 48.5 Å². The summed E-state index contributed by atoms with van der Waals surface area (Å²) in [6, 6.07) is 13.7. The molecule has 0 fully saturated rings. The van der Waals surface area contributed by atoms with E-state index in [0.29, 0.717) is 0 Å². The van der Waals surface area contributed by atoms with Crippen LogP contribution < -0.4 is 4.90 Å². The van der Waals surface area contributed by atoms with Crippen LogP contribution in [0, 0.1) is 5.82 Å². The smallest absolute Gasteiger partial charge is 0.123 e. The van der Waals surface area contributed by atoms with Crippen molar-refractivity contribution in [3.05, 3.63) is 59.9 Å². The Kier molecular flexibility index (Phi) is 3.51. The zero-order valence-electron chi connectivity index (χ0n) is 10.5. The molecule has 0 aliphatic heterocycles. The van der Waals surface area contributed by atoms with Crippen LogP contribution in [0.4, 0.5) is 10.1 Å². The third kappa shape index (κ3) is 2.62. The Balaban J connectivity index is 2.20. The first-order chi connectivity index (χ1) is 8.58. The lowest BCUT2D eigenvalue weighted by Gasteiger charge is -2.27. The second kappa shape index (κ2) is 5.08. The molecule has 0 spiro atoms. The summed E-state index contributed by atoms with van der Waals surface area (Å²) in [5.74, 6) is 0.0276. The van der Waals surface area contributed by atoms with Crippen molar-refractivity contribution in [3.63, 3.8) is 0 Å². The van der Waals surface area contributed by atoms with Crippen molar-refractivity contribution in [2.75, 3.05) is 11.9 Å². The molecule has 0 radical (unpaired) electrons. The number of anilines is 1. The van der Waals surface area contributed by atoms with E-state index in [4.69, 9.17) is 0 Å². The quantitative estimate of drug-likeness (QED) is 0.890. The molecule has 2 aromatic rings. The minimum atomic E-state index is -0.232. The first-order valence-corrected chi connectivity index (χ1v) is 5.85. The second-order valence-electron chi connectivity index (χ2n) is 4.35. The van der Waals surface area contributed by atoms with Crippen LogP contribution in [0.2, 0.25) is 0 Å². The number of benzene rings is 2. The number of phenols is 1. The first-order valence-electron chi connectivity index (χ1n) is 5.85. The summed E-state index contributed by atoms with van der Waals surface area (Å²) < 4.78 is 12.9. The Labute approximate surface area is 106 Å². The van der Waals surface area contributed by atoms with Gasteiger partial charge in [-0.3, -0.25) is 0 Å². The lowest BCUT2D eigenvalue weighted by Crippen LogP contribution is -2.21. The summed E-state index contributed by atoms with van der Waals surface area (Å²) in [4.78, 5) is 2.06. The minimum Gasteiger partial charge on any atom is -0.508 e. The predicted octanol–water partition coefficient (Wildman–Crippen LogP) is 3.73. The molecule has 0 bridgehead atoms. The maximum atomic E-state index is 12.9. The third-order valence-electron chi connectivity index (χ3n) is 3.19. The summed E-state index contributed by atoms with van der Waals surface area (Å²) in [6.45, 7) is 2.07. The molecule has 1 unspecified atom stereocenters. The second-order valence-corrected chi connectivity index (χ2v) is 4.35. The van der Waals surface area contributed by atoms with Gasteiger partial charge in [0.1, 0.15) is 11.6 Å². The number of hydrogen-bond donors (Lipinski definition) is 1. The number of phenolic OH excluding ortho intramolecular Hbond substituents is 1. The molecule has 0 saturated carbocycles. The molecule has 1 atom stereocenters. The molecule has 0 heterocycles. The highest BCUT2D eigenvalue weighted by Crippen LogP contribution is 2.26. The SMILES string of the molecule is CC(c1ccc(O)cc1)N(C)c1ccc(F)cc1. The zero-order valence-corrected chi connectivity index (χ0v) is 10.5. The number of hydrogen-bond acceptors (Lipinski definition) is 2. The van der Waals surface area contributed by atoms with Crippen molar-refractivity contribution in [2.45, 2.75) is 13.0 Å². The van der Waals surface area contributed by atoms with E-state index in [1.807, 2.05) is 19.2 Å². The van der Waals surface area contributed by atoms with E-state index in [1.165, 1.54) is 12.1 Å². The summed E-state index contributed by atoms with van der Waals surface area (Å²) in [6.07, 6.45) is 0. The van der Waals surface area contributed by atoms with Gasteiger partial charge >= 0.3 is 0 Å². The van der Waals surface area contributed by atoms with Gasteiger partial charge in [0, 0.05) is 12.7 Å². The van der Waals surface area contributed by atoms with Gasteiger partial charge in [-0.05, 0) is 48.9 Å². The predicted molar refractivity (Wildman–Crippen MR) is 71.3 cm³/mol. The number of halogens is 1. The van der Waals surface area contributed by atoms with E-state index in [9.17, 15) is 9.50 Å². The van der Waals surface area contributed by atoms with Gasteiger partial charge in [-0.15, -0.1) is 0 Å². The van der Waals surface area contributed by atoms with Gasteiger partial charge in [0.25, 0.3) is 0 Å². The normalized spacial score (nSPS) is 12.2. The maximum absolute atomic E-state index is 12.9. The highest BCUT2D eigenvalue weighted by molar-refractivity contribution is 5.48. The van der Waals surface area contributed by atoms with Crippen LogP contribution in [0.3, 0.4) is 0 Å². The van der Waals surface area contributed by atoms with Crippen LogP contribution in [-0.2, 0) is 0 Å². The van der Waals surface area contributed by atoms with Gasteiger partial charge in [0.2, 0.25) is 0 Å². The van der Waals surface area contributed by atoms with Gasteiger partial charge in [0.15, 0.2) is 0 Å². The molecule has 0 aliphatic rings. The van der Waals surface area contributed by atoms with E-state index >= 15 is 0 Å². The van der Waals surface area contributed by atoms with E-state index in [1.54, 1.807) is 24.3 Å². The van der Waals surface area contributed by atoms with Gasteiger partial charge in [-0.2, -0.15) is 0 Å². The van der Waals surface area contributed by atoms with Crippen molar-refractivity contribution in [1.82, 2.24) is 0 Å². The Morgan fingerprint density at radius 2 is 1.56 bits per heavy atom. The average molecular weight is 245 g/mol. The lowest BCUT2D eigenvalue weighted by atomic mass is 10.1. The molecule has 0 saturated heterocycles. The largest absolute Gasteiger partial charge is 0.508 e.